The minimum atomic E-state index is -3.90. The molecule has 13 heteroatoms. The normalized spacial score (nSPS) is 25.8. The smallest absolute Gasteiger partial charge is 0.315 e. The molecule has 2 aliphatic heterocycles. The summed E-state index contributed by atoms with van der Waals surface area (Å²) >= 11 is 2.61. The van der Waals surface area contributed by atoms with Crippen molar-refractivity contribution in [1.29, 1.82) is 0 Å². The Kier molecular flexibility index (Phi) is 5.69. The molecule has 3 amide bonds. The number of nitrogens with zero attached hydrogens (tertiary/aromatic N) is 3. The molecule has 1 aromatic heterocycles. The highest BCUT2D eigenvalue weighted by Gasteiger charge is 2.42. The van der Waals surface area contributed by atoms with Crippen LogP contribution in [0.3, 0.4) is 0 Å². The van der Waals surface area contributed by atoms with Crippen LogP contribution in [-0.2, 0) is 21.9 Å². The van der Waals surface area contributed by atoms with Crippen LogP contribution in [0.1, 0.15) is 25.7 Å². The summed E-state index contributed by atoms with van der Waals surface area (Å²) in [7, 11) is -2.39. The lowest BCUT2D eigenvalue weighted by molar-refractivity contribution is -0.118. The summed E-state index contributed by atoms with van der Waals surface area (Å²) in [5, 5.41) is 15.0. The van der Waals surface area contributed by atoms with Crippen molar-refractivity contribution in [3.8, 4) is 0 Å². The Morgan fingerprint density at radius 2 is 2.19 bits per heavy atom. The minimum Gasteiger partial charge on any atom is -0.332 e. The second-order valence-corrected chi connectivity index (χ2v) is 10.2. The van der Waals surface area contributed by atoms with Crippen LogP contribution in [0.2, 0.25) is 0 Å². The number of nitrogens with one attached hydrogen (secondary N) is 2. The molecule has 10 nitrogen and oxygen atoms in total. The van der Waals surface area contributed by atoms with Crippen molar-refractivity contribution < 1.29 is 18.0 Å². The van der Waals surface area contributed by atoms with Crippen molar-refractivity contribution >= 4 is 45.1 Å². The number of rotatable bonds is 6. The van der Waals surface area contributed by atoms with Gasteiger partial charge < -0.3 is 10.6 Å². The first-order valence-electron chi connectivity index (χ1n) is 8.07. The van der Waals surface area contributed by atoms with E-state index in [4.69, 9.17) is 5.14 Å². The van der Waals surface area contributed by atoms with E-state index in [-0.39, 0.29) is 39.6 Å². The molecule has 0 saturated carbocycles. The highest BCUT2D eigenvalue weighted by atomic mass is 32.2. The molecule has 2 aliphatic rings. The van der Waals surface area contributed by atoms with Gasteiger partial charge in [0.15, 0.2) is 0 Å². The third kappa shape index (κ3) is 4.45. The topological polar surface area (TPSA) is 149 Å². The molecule has 3 atom stereocenters. The molecular formula is C13H20N6O4S3. The van der Waals surface area contributed by atoms with E-state index in [1.807, 2.05) is 11.8 Å². The fraction of sp³-hybridized carbons (Fsp3) is 0.692. The molecule has 3 heterocycles. The number of unbranched alkanes of at least 4 members (excludes halogenated alkanes) is 1. The highest BCUT2D eigenvalue weighted by Crippen LogP contribution is 2.33. The van der Waals surface area contributed by atoms with Gasteiger partial charge in [0.25, 0.3) is 10.0 Å². The standard InChI is InChI=1S/C13H20N6O4S3/c1-19-12(25-13(18-19)26(14,22)23)16-9(20)5-3-2-4-8-10-7(6-24-8)15-11(21)17-10/h7-8,10H,2-6H2,1H3,(H2,14,22,23)(H2,15,17,21)/t7-,8-,10-/m0/s1. The van der Waals surface area contributed by atoms with Gasteiger partial charge in [-0.25, -0.2) is 23.0 Å². The van der Waals surface area contributed by atoms with Crippen LogP contribution in [-0.4, -0.2) is 53.2 Å². The fourth-order valence-electron chi connectivity index (χ4n) is 2.97. The van der Waals surface area contributed by atoms with Crippen LogP contribution < -0.4 is 20.6 Å². The van der Waals surface area contributed by atoms with Gasteiger partial charge in [-0.3, -0.25) is 4.79 Å². The van der Waals surface area contributed by atoms with Crippen molar-refractivity contribution in [3.63, 3.8) is 0 Å². The van der Waals surface area contributed by atoms with Crippen molar-refractivity contribution in [2.45, 2.75) is 47.4 Å². The number of carbonyl (C=O) groups is 2. The lowest BCUT2D eigenvalue weighted by Gasteiger charge is -2.16. The van der Waals surface area contributed by atoms with Gasteiger partial charge in [0.05, 0.1) is 12.1 Å². The van der Waals surface area contributed by atoms with E-state index >= 15 is 0 Å². The molecule has 0 aromatic carbocycles. The zero-order chi connectivity index (χ0) is 18.9. The van der Waals surface area contributed by atoms with E-state index in [2.05, 4.69) is 20.7 Å². The van der Waals surface area contributed by atoms with E-state index in [1.165, 1.54) is 11.7 Å². The number of hydrogen-bond donors (Lipinski definition) is 3. The molecule has 26 heavy (non-hydrogen) atoms. The molecule has 144 valence electrons. The largest absolute Gasteiger partial charge is 0.332 e. The molecule has 3 rings (SSSR count). The monoisotopic (exact) mass is 420 g/mol. The number of hydrogen-bond acceptors (Lipinski definition) is 7. The lowest BCUT2D eigenvalue weighted by Crippen LogP contribution is -2.36. The number of aryl methyl sites for hydroxylation is 1. The molecule has 0 bridgehead atoms. The summed E-state index contributed by atoms with van der Waals surface area (Å²) in [6.07, 6.45) is 2.74. The second kappa shape index (κ2) is 7.66. The summed E-state index contributed by atoms with van der Waals surface area (Å²) in [4.78, 5) is 27.5. The predicted molar refractivity (Wildman–Crippen MR) is 97.0 cm³/mol. The number of urea groups is 1. The number of nitrogens with two attached hydrogens (primary N) is 1. The maximum absolute atomic E-state index is 12.0. The number of primary sulfonamides is 1. The van der Waals surface area contributed by atoms with Crippen molar-refractivity contribution in [3.05, 3.63) is 4.80 Å². The number of fused-ring (bicyclic) bond motifs is 1. The molecule has 0 radical (unpaired) electrons. The van der Waals surface area contributed by atoms with Gasteiger partial charge in [-0.15, -0.1) is 5.10 Å². The number of amides is 3. The van der Waals surface area contributed by atoms with E-state index < -0.39 is 10.0 Å². The van der Waals surface area contributed by atoms with Crippen LogP contribution in [0.25, 0.3) is 0 Å². The number of sulfonamides is 1. The van der Waals surface area contributed by atoms with Crippen molar-refractivity contribution in [2.24, 2.45) is 17.2 Å². The summed E-state index contributed by atoms with van der Waals surface area (Å²) in [6.45, 7) is 0. The Balaban J connectivity index is 1.48. The third-order valence-corrected chi connectivity index (χ3v) is 8.04. The zero-order valence-corrected chi connectivity index (χ0v) is 16.5. The second-order valence-electron chi connectivity index (χ2n) is 6.19. The quantitative estimate of drug-likeness (QED) is 0.409. The Morgan fingerprint density at radius 1 is 1.42 bits per heavy atom. The summed E-state index contributed by atoms with van der Waals surface area (Å²) in [6, 6.07) is 0.268. The van der Waals surface area contributed by atoms with E-state index in [0.29, 0.717) is 11.7 Å². The molecule has 0 aliphatic carbocycles. The molecule has 1 aromatic rings. The first-order valence-corrected chi connectivity index (χ1v) is 11.5. The number of aromatic nitrogens is 2. The fourth-order valence-corrected chi connectivity index (χ4v) is 6.08. The van der Waals surface area contributed by atoms with Crippen LogP contribution in [0.15, 0.2) is 9.33 Å². The van der Waals surface area contributed by atoms with Gasteiger partial charge in [-0.05, 0) is 12.8 Å². The minimum absolute atomic E-state index is 0.101. The Hall–Kier alpha value is -1.44. The van der Waals surface area contributed by atoms with Crippen LogP contribution in [0, 0.1) is 0 Å². The number of carbonyl (C=O) groups excluding carboxylic acids is 2. The van der Waals surface area contributed by atoms with Gasteiger partial charge in [-0.1, -0.05) is 17.8 Å². The first kappa shape index (κ1) is 19.3. The Morgan fingerprint density at radius 3 is 2.88 bits per heavy atom. The lowest BCUT2D eigenvalue weighted by atomic mass is 10.0. The van der Waals surface area contributed by atoms with Gasteiger partial charge in [0.2, 0.25) is 15.0 Å². The van der Waals surface area contributed by atoms with E-state index in [1.54, 1.807) is 0 Å². The maximum atomic E-state index is 12.0. The molecule has 2 saturated heterocycles. The molecule has 0 unspecified atom stereocenters. The molecule has 2 fully saturated rings. The molecular weight excluding hydrogens is 400 g/mol. The van der Waals surface area contributed by atoms with Crippen molar-refractivity contribution in [1.82, 2.24) is 20.4 Å². The average Bonchev–Trinajstić information content (AvgIpc) is 3.19. The van der Waals surface area contributed by atoms with E-state index in [0.717, 1.165) is 29.9 Å². The Bertz CT molecular complexity index is 877. The predicted octanol–water partition coefficient (Wildman–Crippen LogP) is -0.718. The number of thioether (sulfide) groups is 1. The third-order valence-electron chi connectivity index (χ3n) is 4.22. The van der Waals surface area contributed by atoms with Crippen LogP contribution >= 0.6 is 23.1 Å². The van der Waals surface area contributed by atoms with Crippen molar-refractivity contribution in [2.75, 3.05) is 5.75 Å². The first-order chi connectivity index (χ1) is 12.2. The van der Waals surface area contributed by atoms with Gasteiger partial charge in [-0.2, -0.15) is 16.8 Å². The van der Waals surface area contributed by atoms with Crippen LogP contribution in [0.5, 0.6) is 0 Å². The SMILES string of the molecule is Cn1nc(S(N)(=O)=O)sc1=NC(=O)CCCC[C@@H]1SC[C@@H]2NC(=O)N[C@@H]21. The zero-order valence-electron chi connectivity index (χ0n) is 14.0. The Labute approximate surface area is 158 Å². The van der Waals surface area contributed by atoms with Gasteiger partial charge >= 0.3 is 6.03 Å². The summed E-state index contributed by atoms with van der Waals surface area (Å²) < 4.78 is 23.5. The maximum Gasteiger partial charge on any atom is 0.315 e. The van der Waals surface area contributed by atoms with E-state index in [9.17, 15) is 18.0 Å². The van der Waals surface area contributed by atoms with Gasteiger partial charge in [0.1, 0.15) is 0 Å². The average molecular weight is 421 g/mol. The summed E-state index contributed by atoms with van der Waals surface area (Å²) in [5.41, 5.74) is 0. The summed E-state index contributed by atoms with van der Waals surface area (Å²) in [5.74, 6) is 0.592. The highest BCUT2D eigenvalue weighted by molar-refractivity contribution is 8.00. The van der Waals surface area contributed by atoms with Crippen LogP contribution in [0.4, 0.5) is 4.79 Å². The molecule has 4 N–H and O–H groups in total. The van der Waals surface area contributed by atoms with Gasteiger partial charge in [0, 0.05) is 24.5 Å². The molecule has 0 spiro atoms.